The number of rotatable bonds is 2. The fraction of sp³-hybridized carbons (Fsp3) is 0.333. The molecule has 2 heterocycles. The second-order valence-electron chi connectivity index (χ2n) is 5.12. The van der Waals surface area contributed by atoms with E-state index in [1.165, 1.54) is 6.07 Å². The molecule has 1 fully saturated rings. The summed E-state index contributed by atoms with van der Waals surface area (Å²) in [6.07, 6.45) is 0.364. The zero-order chi connectivity index (χ0) is 14.9. The predicted octanol–water partition coefficient (Wildman–Crippen LogP) is 4.03. The SMILES string of the molecule is FC1(F)CCCN(c2cc(Cl)nc(-c3ccccc3)n2)C1. The molecule has 3 nitrogen and oxygen atoms in total. The van der Waals surface area contributed by atoms with Crippen LogP contribution >= 0.6 is 11.6 Å². The summed E-state index contributed by atoms with van der Waals surface area (Å²) in [5.74, 6) is -1.78. The number of anilines is 1. The Balaban J connectivity index is 1.95. The maximum atomic E-state index is 13.5. The number of halogens is 3. The van der Waals surface area contributed by atoms with E-state index in [0.29, 0.717) is 24.6 Å². The largest absolute Gasteiger partial charge is 0.350 e. The van der Waals surface area contributed by atoms with E-state index in [0.717, 1.165) is 5.56 Å². The molecule has 1 saturated heterocycles. The van der Waals surface area contributed by atoms with Crippen LogP contribution in [-0.4, -0.2) is 29.0 Å². The molecular weight excluding hydrogens is 296 g/mol. The van der Waals surface area contributed by atoms with Crippen LogP contribution in [0.3, 0.4) is 0 Å². The standard InChI is InChI=1S/C15H14ClF2N3/c16-12-9-13(21-8-4-7-15(17,18)10-21)20-14(19-12)11-5-2-1-3-6-11/h1-3,5-6,9H,4,7-8,10H2. The van der Waals surface area contributed by atoms with Gasteiger partial charge in [-0.05, 0) is 6.42 Å². The summed E-state index contributed by atoms with van der Waals surface area (Å²) in [5, 5.41) is 0.257. The molecule has 0 radical (unpaired) electrons. The Bertz CT molecular complexity index is 634. The van der Waals surface area contributed by atoms with Crippen molar-refractivity contribution in [3.63, 3.8) is 0 Å². The molecule has 0 unspecified atom stereocenters. The number of piperidine rings is 1. The van der Waals surface area contributed by atoms with Gasteiger partial charge in [-0.15, -0.1) is 0 Å². The lowest BCUT2D eigenvalue weighted by Crippen LogP contribution is -2.43. The van der Waals surface area contributed by atoms with E-state index in [9.17, 15) is 8.78 Å². The van der Waals surface area contributed by atoms with Crippen LogP contribution in [0.2, 0.25) is 5.15 Å². The number of alkyl halides is 2. The maximum absolute atomic E-state index is 13.5. The first kappa shape index (κ1) is 14.2. The van der Waals surface area contributed by atoms with E-state index in [4.69, 9.17) is 11.6 Å². The normalized spacial score (nSPS) is 17.8. The van der Waals surface area contributed by atoms with Crippen molar-refractivity contribution in [2.24, 2.45) is 0 Å². The molecule has 1 aliphatic rings. The Hall–Kier alpha value is -1.75. The number of hydrogen-bond donors (Lipinski definition) is 0. The third kappa shape index (κ3) is 3.29. The van der Waals surface area contributed by atoms with E-state index < -0.39 is 5.92 Å². The van der Waals surface area contributed by atoms with Crippen LogP contribution in [0, 0.1) is 0 Å². The van der Waals surface area contributed by atoms with Crippen molar-refractivity contribution < 1.29 is 8.78 Å². The molecule has 1 aliphatic heterocycles. The highest BCUT2D eigenvalue weighted by Crippen LogP contribution is 2.30. The van der Waals surface area contributed by atoms with Crippen LogP contribution in [0.4, 0.5) is 14.6 Å². The first-order valence-electron chi connectivity index (χ1n) is 6.76. The molecule has 0 amide bonds. The van der Waals surface area contributed by atoms with Crippen molar-refractivity contribution in [3.05, 3.63) is 41.6 Å². The third-order valence-corrected chi connectivity index (χ3v) is 3.62. The monoisotopic (exact) mass is 309 g/mol. The fourth-order valence-electron chi connectivity index (χ4n) is 2.45. The topological polar surface area (TPSA) is 29.0 Å². The average molecular weight is 310 g/mol. The molecule has 1 aromatic carbocycles. The van der Waals surface area contributed by atoms with E-state index >= 15 is 0 Å². The van der Waals surface area contributed by atoms with E-state index in [1.54, 1.807) is 4.90 Å². The lowest BCUT2D eigenvalue weighted by Gasteiger charge is -2.33. The molecule has 21 heavy (non-hydrogen) atoms. The summed E-state index contributed by atoms with van der Waals surface area (Å²) in [7, 11) is 0. The first-order valence-corrected chi connectivity index (χ1v) is 7.14. The number of hydrogen-bond acceptors (Lipinski definition) is 3. The lowest BCUT2D eigenvalue weighted by atomic mass is 10.1. The molecule has 1 aromatic heterocycles. The molecule has 0 spiro atoms. The average Bonchev–Trinajstić information content (AvgIpc) is 2.46. The smallest absolute Gasteiger partial charge is 0.265 e. The molecule has 0 saturated carbocycles. The highest BCUT2D eigenvalue weighted by atomic mass is 35.5. The molecule has 110 valence electrons. The van der Waals surface area contributed by atoms with Crippen molar-refractivity contribution in [3.8, 4) is 11.4 Å². The minimum absolute atomic E-state index is 0.0755. The predicted molar refractivity (Wildman–Crippen MR) is 78.9 cm³/mol. The molecule has 0 N–H and O–H groups in total. The summed E-state index contributed by atoms with van der Waals surface area (Å²) >= 11 is 6.02. The molecule has 0 aliphatic carbocycles. The van der Waals surface area contributed by atoms with E-state index in [1.807, 2.05) is 30.3 Å². The van der Waals surface area contributed by atoms with Crippen molar-refractivity contribution in [1.82, 2.24) is 9.97 Å². The molecule has 3 rings (SSSR count). The fourth-order valence-corrected chi connectivity index (χ4v) is 2.62. The van der Waals surface area contributed by atoms with Gasteiger partial charge in [0, 0.05) is 24.6 Å². The van der Waals surface area contributed by atoms with Gasteiger partial charge in [0.05, 0.1) is 6.54 Å². The number of nitrogens with zero attached hydrogens (tertiary/aromatic N) is 3. The summed E-state index contributed by atoms with van der Waals surface area (Å²) < 4.78 is 27.1. The van der Waals surface area contributed by atoms with Crippen LogP contribution in [0.5, 0.6) is 0 Å². The van der Waals surface area contributed by atoms with Gasteiger partial charge in [0.1, 0.15) is 11.0 Å². The van der Waals surface area contributed by atoms with Gasteiger partial charge in [0.25, 0.3) is 5.92 Å². The molecule has 0 atom stereocenters. The van der Waals surface area contributed by atoms with Crippen molar-refractivity contribution in [2.45, 2.75) is 18.8 Å². The van der Waals surface area contributed by atoms with Crippen molar-refractivity contribution in [2.75, 3.05) is 18.0 Å². The summed E-state index contributed by atoms with van der Waals surface area (Å²) in [5.41, 5.74) is 0.810. The van der Waals surface area contributed by atoms with Gasteiger partial charge in [-0.1, -0.05) is 41.9 Å². The van der Waals surface area contributed by atoms with Gasteiger partial charge in [-0.25, -0.2) is 18.7 Å². The third-order valence-electron chi connectivity index (χ3n) is 3.43. The molecule has 2 aromatic rings. The van der Waals surface area contributed by atoms with Crippen molar-refractivity contribution in [1.29, 1.82) is 0 Å². The van der Waals surface area contributed by atoms with Gasteiger partial charge >= 0.3 is 0 Å². The molecule has 0 bridgehead atoms. The first-order chi connectivity index (χ1) is 10.0. The second kappa shape index (κ2) is 5.56. The van der Waals surface area contributed by atoms with Crippen LogP contribution < -0.4 is 4.90 Å². The van der Waals surface area contributed by atoms with Crippen LogP contribution in [0.25, 0.3) is 11.4 Å². The van der Waals surface area contributed by atoms with Gasteiger partial charge in [0.15, 0.2) is 5.82 Å². The van der Waals surface area contributed by atoms with Crippen LogP contribution in [-0.2, 0) is 0 Å². The van der Waals surface area contributed by atoms with Gasteiger partial charge in [0.2, 0.25) is 0 Å². The summed E-state index contributed by atoms with van der Waals surface area (Å²) in [6, 6.07) is 10.9. The van der Waals surface area contributed by atoms with Crippen LogP contribution in [0.1, 0.15) is 12.8 Å². The second-order valence-corrected chi connectivity index (χ2v) is 5.51. The van der Waals surface area contributed by atoms with Gasteiger partial charge in [-0.3, -0.25) is 0 Å². The Labute approximate surface area is 126 Å². The number of benzene rings is 1. The lowest BCUT2D eigenvalue weighted by molar-refractivity contribution is -0.0118. The Morgan fingerprint density at radius 3 is 2.62 bits per heavy atom. The quantitative estimate of drug-likeness (QED) is 0.784. The van der Waals surface area contributed by atoms with Gasteiger partial charge < -0.3 is 4.90 Å². The minimum atomic E-state index is -2.68. The molecular formula is C15H14ClF2N3. The highest BCUT2D eigenvalue weighted by molar-refractivity contribution is 6.29. The van der Waals surface area contributed by atoms with Crippen molar-refractivity contribution >= 4 is 17.4 Å². The summed E-state index contributed by atoms with van der Waals surface area (Å²) in [4.78, 5) is 10.1. The zero-order valence-electron chi connectivity index (χ0n) is 11.3. The van der Waals surface area contributed by atoms with Gasteiger partial charge in [-0.2, -0.15) is 0 Å². The minimum Gasteiger partial charge on any atom is -0.350 e. The van der Waals surface area contributed by atoms with Crippen LogP contribution in [0.15, 0.2) is 36.4 Å². The number of aromatic nitrogens is 2. The Kier molecular flexibility index (Phi) is 3.76. The summed E-state index contributed by atoms with van der Waals surface area (Å²) in [6.45, 7) is 0.228. The maximum Gasteiger partial charge on any atom is 0.265 e. The highest BCUT2D eigenvalue weighted by Gasteiger charge is 2.35. The van der Waals surface area contributed by atoms with E-state index in [-0.39, 0.29) is 18.1 Å². The van der Waals surface area contributed by atoms with E-state index in [2.05, 4.69) is 9.97 Å². The Morgan fingerprint density at radius 2 is 1.90 bits per heavy atom. The Morgan fingerprint density at radius 1 is 1.14 bits per heavy atom. The zero-order valence-corrected chi connectivity index (χ0v) is 12.0. The molecule has 6 heteroatoms.